The molecule has 4 rings (SSSR count). The first-order chi connectivity index (χ1) is 14.4. The predicted octanol–water partition coefficient (Wildman–Crippen LogP) is 2.16. The number of carbonyl (C=O) groups is 1. The van der Waals surface area contributed by atoms with E-state index in [1.165, 1.54) is 16.4 Å². The molecule has 1 amide bonds. The minimum atomic E-state index is -3.67. The van der Waals surface area contributed by atoms with E-state index in [4.69, 9.17) is 9.15 Å². The molecule has 2 aromatic rings. The van der Waals surface area contributed by atoms with Crippen LogP contribution >= 0.6 is 0 Å². The predicted molar refractivity (Wildman–Crippen MR) is 105 cm³/mol. The fraction of sp³-hybridized carbons (Fsp3) is 0.500. The lowest BCUT2D eigenvalue weighted by molar-refractivity contribution is 0.0298. The molecule has 3 heterocycles. The number of aromatic nitrogens is 1. The molecule has 1 aromatic carbocycles. The van der Waals surface area contributed by atoms with E-state index < -0.39 is 15.8 Å². The number of rotatable bonds is 4. The van der Waals surface area contributed by atoms with Gasteiger partial charge in [0, 0.05) is 32.1 Å². The molecule has 0 saturated carbocycles. The first-order valence-electron chi connectivity index (χ1n) is 9.96. The SMILES string of the molecule is Cc1oc(C2CCN(S(=O)(=O)c3ccc(F)cc3)CC2)nc1C(=O)N1CCOCC1. The summed E-state index contributed by atoms with van der Waals surface area (Å²) in [5.41, 5.74) is 0.313. The van der Waals surface area contributed by atoms with E-state index in [2.05, 4.69) is 4.98 Å². The summed E-state index contributed by atoms with van der Waals surface area (Å²) in [4.78, 5) is 19.0. The molecule has 0 atom stereocenters. The molecule has 0 bridgehead atoms. The quantitative estimate of drug-likeness (QED) is 0.728. The fourth-order valence-electron chi connectivity index (χ4n) is 3.80. The number of hydrogen-bond acceptors (Lipinski definition) is 6. The number of carbonyl (C=O) groups excluding carboxylic acids is 1. The van der Waals surface area contributed by atoms with Crippen molar-refractivity contribution in [3.05, 3.63) is 47.4 Å². The second kappa shape index (κ2) is 8.44. The maximum Gasteiger partial charge on any atom is 0.276 e. The minimum Gasteiger partial charge on any atom is -0.445 e. The molecule has 10 heteroatoms. The number of sulfonamides is 1. The Morgan fingerprint density at radius 2 is 1.73 bits per heavy atom. The molecule has 2 aliphatic heterocycles. The van der Waals surface area contributed by atoms with Gasteiger partial charge in [-0.2, -0.15) is 4.31 Å². The Hall–Kier alpha value is -2.30. The fourth-order valence-corrected chi connectivity index (χ4v) is 5.27. The summed E-state index contributed by atoms with van der Waals surface area (Å²) in [7, 11) is -3.67. The van der Waals surface area contributed by atoms with Crippen LogP contribution in [-0.2, 0) is 14.8 Å². The summed E-state index contributed by atoms with van der Waals surface area (Å²) in [5.74, 6) is 0.247. The van der Waals surface area contributed by atoms with Crippen molar-refractivity contribution in [1.29, 1.82) is 0 Å². The van der Waals surface area contributed by atoms with Crippen LogP contribution in [0.3, 0.4) is 0 Å². The highest BCUT2D eigenvalue weighted by Gasteiger charge is 2.33. The van der Waals surface area contributed by atoms with Gasteiger partial charge in [0.25, 0.3) is 5.91 Å². The second-order valence-electron chi connectivity index (χ2n) is 7.49. The number of amides is 1. The highest BCUT2D eigenvalue weighted by molar-refractivity contribution is 7.89. The van der Waals surface area contributed by atoms with E-state index in [0.717, 1.165) is 12.1 Å². The summed E-state index contributed by atoms with van der Waals surface area (Å²) in [5, 5.41) is 0. The van der Waals surface area contributed by atoms with Gasteiger partial charge in [0.1, 0.15) is 11.6 Å². The molecule has 2 saturated heterocycles. The number of morpholine rings is 1. The minimum absolute atomic E-state index is 0.0605. The standard InChI is InChI=1S/C20H24FN3O5S/c1-14-18(20(25)23-10-12-28-13-11-23)22-19(29-14)15-6-8-24(9-7-15)30(26,27)17-4-2-16(21)3-5-17/h2-5,15H,6-13H2,1H3. The van der Waals surface area contributed by atoms with Crippen LogP contribution < -0.4 is 0 Å². The van der Waals surface area contributed by atoms with Crippen molar-refractivity contribution in [2.45, 2.75) is 30.6 Å². The number of ether oxygens (including phenoxy) is 1. The number of piperidine rings is 1. The zero-order valence-electron chi connectivity index (χ0n) is 16.7. The summed E-state index contributed by atoms with van der Waals surface area (Å²) in [6.07, 6.45) is 1.07. The van der Waals surface area contributed by atoms with Crippen LogP contribution in [0.25, 0.3) is 0 Å². The lowest BCUT2D eigenvalue weighted by Gasteiger charge is -2.29. The molecule has 0 spiro atoms. The number of benzene rings is 1. The Balaban J connectivity index is 1.43. The van der Waals surface area contributed by atoms with Crippen LogP contribution in [0, 0.1) is 12.7 Å². The molecule has 162 valence electrons. The first-order valence-corrected chi connectivity index (χ1v) is 11.4. The topological polar surface area (TPSA) is 93.0 Å². The van der Waals surface area contributed by atoms with E-state index in [9.17, 15) is 17.6 Å². The molecule has 2 fully saturated rings. The summed E-state index contributed by atoms with van der Waals surface area (Å²) in [6.45, 7) is 4.41. The molecule has 0 unspecified atom stereocenters. The molecule has 8 nitrogen and oxygen atoms in total. The van der Waals surface area contributed by atoms with Crippen LogP contribution in [-0.4, -0.2) is 67.9 Å². The van der Waals surface area contributed by atoms with Gasteiger partial charge in [-0.05, 0) is 44.0 Å². The van der Waals surface area contributed by atoms with E-state index >= 15 is 0 Å². The van der Waals surface area contributed by atoms with Gasteiger partial charge >= 0.3 is 0 Å². The lowest BCUT2D eigenvalue weighted by Crippen LogP contribution is -2.41. The van der Waals surface area contributed by atoms with Gasteiger partial charge < -0.3 is 14.1 Å². The summed E-state index contributed by atoms with van der Waals surface area (Å²) < 4.78 is 51.1. The maximum atomic E-state index is 13.1. The monoisotopic (exact) mass is 437 g/mol. The normalized spacial score (nSPS) is 19.2. The lowest BCUT2D eigenvalue weighted by atomic mass is 9.98. The molecule has 30 heavy (non-hydrogen) atoms. The summed E-state index contributed by atoms with van der Waals surface area (Å²) >= 11 is 0. The van der Waals surface area contributed by atoms with Crippen molar-refractivity contribution in [3.8, 4) is 0 Å². The molecule has 0 aliphatic carbocycles. The Morgan fingerprint density at radius 1 is 1.10 bits per heavy atom. The van der Waals surface area contributed by atoms with Crippen LogP contribution in [0.5, 0.6) is 0 Å². The van der Waals surface area contributed by atoms with Crippen LogP contribution in [0.1, 0.15) is 40.9 Å². The van der Waals surface area contributed by atoms with Crippen molar-refractivity contribution in [3.63, 3.8) is 0 Å². The number of oxazole rings is 1. The van der Waals surface area contributed by atoms with Crippen LogP contribution in [0.2, 0.25) is 0 Å². The molecule has 1 aromatic heterocycles. The van der Waals surface area contributed by atoms with Gasteiger partial charge in [0.2, 0.25) is 10.0 Å². The van der Waals surface area contributed by atoms with Crippen molar-refractivity contribution >= 4 is 15.9 Å². The van der Waals surface area contributed by atoms with Gasteiger partial charge in [0.05, 0.1) is 18.1 Å². The average Bonchev–Trinajstić information content (AvgIpc) is 3.16. The van der Waals surface area contributed by atoms with E-state index in [-0.39, 0.29) is 16.7 Å². The Kier molecular flexibility index (Phi) is 5.90. The van der Waals surface area contributed by atoms with Gasteiger partial charge in [-0.3, -0.25) is 4.79 Å². The molecular formula is C20H24FN3O5S. The zero-order chi connectivity index (χ0) is 21.3. The average molecular weight is 437 g/mol. The van der Waals surface area contributed by atoms with E-state index in [0.29, 0.717) is 69.6 Å². The summed E-state index contributed by atoms with van der Waals surface area (Å²) in [6, 6.07) is 4.83. The van der Waals surface area contributed by atoms with E-state index in [1.807, 2.05) is 0 Å². The molecule has 2 aliphatic rings. The largest absolute Gasteiger partial charge is 0.445 e. The Morgan fingerprint density at radius 3 is 2.37 bits per heavy atom. The van der Waals surface area contributed by atoms with Crippen molar-refractivity contribution < 1.29 is 26.8 Å². The van der Waals surface area contributed by atoms with Crippen LogP contribution in [0.15, 0.2) is 33.6 Å². The Bertz CT molecular complexity index is 1010. The third-order valence-corrected chi connectivity index (χ3v) is 7.48. The third kappa shape index (κ3) is 4.12. The van der Waals surface area contributed by atoms with Crippen LogP contribution in [0.4, 0.5) is 4.39 Å². The highest BCUT2D eigenvalue weighted by atomic mass is 32.2. The number of nitrogens with zero attached hydrogens (tertiary/aromatic N) is 3. The van der Waals surface area contributed by atoms with E-state index in [1.54, 1.807) is 11.8 Å². The molecule has 0 radical (unpaired) electrons. The smallest absolute Gasteiger partial charge is 0.276 e. The van der Waals surface area contributed by atoms with Crippen molar-refractivity contribution in [1.82, 2.24) is 14.2 Å². The number of halogens is 1. The maximum absolute atomic E-state index is 13.1. The van der Waals surface area contributed by atoms with Gasteiger partial charge in [-0.25, -0.2) is 17.8 Å². The number of aryl methyl sites for hydroxylation is 1. The molecular weight excluding hydrogens is 413 g/mol. The van der Waals surface area contributed by atoms with Gasteiger partial charge in [-0.15, -0.1) is 0 Å². The molecule has 0 N–H and O–H groups in total. The van der Waals surface area contributed by atoms with Gasteiger partial charge in [0.15, 0.2) is 11.6 Å². The highest BCUT2D eigenvalue weighted by Crippen LogP contribution is 2.31. The van der Waals surface area contributed by atoms with Crippen molar-refractivity contribution in [2.75, 3.05) is 39.4 Å². The third-order valence-electron chi connectivity index (χ3n) is 5.57. The number of hydrogen-bond donors (Lipinski definition) is 0. The van der Waals surface area contributed by atoms with Crippen molar-refractivity contribution in [2.24, 2.45) is 0 Å². The van der Waals surface area contributed by atoms with Gasteiger partial charge in [-0.1, -0.05) is 0 Å². The second-order valence-corrected chi connectivity index (χ2v) is 9.43. The Labute approximate surface area is 174 Å². The zero-order valence-corrected chi connectivity index (χ0v) is 17.5. The first kappa shape index (κ1) is 21.0.